The van der Waals surface area contributed by atoms with E-state index in [4.69, 9.17) is 0 Å². The summed E-state index contributed by atoms with van der Waals surface area (Å²) in [6.45, 7) is 6.74. The van der Waals surface area contributed by atoms with Gasteiger partial charge in [-0.25, -0.2) is 0 Å². The number of amides is 2. The van der Waals surface area contributed by atoms with Gasteiger partial charge in [0.1, 0.15) is 0 Å². The number of hydrogen-bond donors (Lipinski definition) is 2. The molecule has 0 radical (unpaired) electrons. The number of carbonyl (C=O) groups excluding carboxylic acids is 2. The van der Waals surface area contributed by atoms with Gasteiger partial charge in [0.15, 0.2) is 0 Å². The fourth-order valence-corrected chi connectivity index (χ4v) is 2.17. The normalized spacial score (nSPS) is 10.4. The van der Waals surface area contributed by atoms with Crippen molar-refractivity contribution in [3.8, 4) is 0 Å². The molecule has 0 spiro atoms. The molecule has 0 atom stereocenters. The summed E-state index contributed by atoms with van der Waals surface area (Å²) in [5.41, 5.74) is 1.89. The maximum atomic E-state index is 11.7. The summed E-state index contributed by atoms with van der Waals surface area (Å²) in [5.74, 6) is 0.926. The molecule has 0 saturated heterocycles. The number of nitrogens with one attached hydrogen (secondary N) is 2. The Morgan fingerprint density at radius 3 is 2.55 bits per heavy atom. The van der Waals surface area contributed by atoms with E-state index in [1.54, 1.807) is 0 Å². The molecule has 0 fully saturated rings. The van der Waals surface area contributed by atoms with Gasteiger partial charge in [-0.05, 0) is 30.5 Å². The SMILES string of the molecule is Cc1cccc(NC(=O)CSCC(=O)NCC(C)C)c1. The predicted molar refractivity (Wildman–Crippen MR) is 85.0 cm³/mol. The van der Waals surface area contributed by atoms with Gasteiger partial charge in [-0.15, -0.1) is 11.8 Å². The summed E-state index contributed by atoms with van der Waals surface area (Å²) in [4.78, 5) is 23.2. The number of hydrogen-bond acceptors (Lipinski definition) is 3. The molecular formula is C15H22N2O2S. The van der Waals surface area contributed by atoms with E-state index in [-0.39, 0.29) is 17.6 Å². The molecule has 1 rings (SSSR count). The maximum Gasteiger partial charge on any atom is 0.234 e. The molecule has 2 N–H and O–H groups in total. The molecule has 0 bridgehead atoms. The molecule has 0 unspecified atom stereocenters. The number of benzene rings is 1. The first-order chi connectivity index (χ1) is 9.47. The molecule has 0 heterocycles. The Labute approximate surface area is 124 Å². The van der Waals surface area contributed by atoms with Crippen LogP contribution in [0.15, 0.2) is 24.3 Å². The van der Waals surface area contributed by atoms with Crippen molar-refractivity contribution in [2.45, 2.75) is 20.8 Å². The molecular weight excluding hydrogens is 272 g/mol. The van der Waals surface area contributed by atoms with Crippen molar-refractivity contribution in [1.82, 2.24) is 5.32 Å². The Balaban J connectivity index is 2.22. The third-order valence-corrected chi connectivity index (χ3v) is 3.41. The number of thioether (sulfide) groups is 1. The van der Waals surface area contributed by atoms with Crippen LogP contribution in [0.25, 0.3) is 0 Å². The van der Waals surface area contributed by atoms with Crippen LogP contribution in [-0.4, -0.2) is 29.9 Å². The molecule has 4 nitrogen and oxygen atoms in total. The minimum atomic E-state index is -0.0859. The predicted octanol–water partition coefficient (Wildman–Crippen LogP) is 2.44. The highest BCUT2D eigenvalue weighted by Gasteiger charge is 2.06. The molecule has 1 aromatic rings. The van der Waals surface area contributed by atoms with E-state index in [0.29, 0.717) is 18.2 Å². The highest BCUT2D eigenvalue weighted by molar-refractivity contribution is 8.00. The van der Waals surface area contributed by atoms with Crippen molar-refractivity contribution in [3.05, 3.63) is 29.8 Å². The van der Waals surface area contributed by atoms with Gasteiger partial charge in [-0.1, -0.05) is 26.0 Å². The quantitative estimate of drug-likeness (QED) is 0.812. The van der Waals surface area contributed by atoms with E-state index in [9.17, 15) is 9.59 Å². The third-order valence-electron chi connectivity index (χ3n) is 2.48. The lowest BCUT2D eigenvalue weighted by atomic mass is 10.2. The zero-order chi connectivity index (χ0) is 15.0. The first-order valence-corrected chi connectivity index (χ1v) is 7.84. The van der Waals surface area contributed by atoms with Crippen LogP contribution in [0.2, 0.25) is 0 Å². The Morgan fingerprint density at radius 2 is 1.90 bits per heavy atom. The van der Waals surface area contributed by atoms with Crippen LogP contribution in [0.4, 0.5) is 5.69 Å². The van der Waals surface area contributed by atoms with E-state index in [1.165, 1.54) is 11.8 Å². The fraction of sp³-hybridized carbons (Fsp3) is 0.467. The molecule has 1 aromatic carbocycles. The van der Waals surface area contributed by atoms with Crippen LogP contribution in [0.3, 0.4) is 0 Å². The lowest BCUT2D eigenvalue weighted by molar-refractivity contribution is -0.118. The Hall–Kier alpha value is -1.49. The average molecular weight is 294 g/mol. The number of anilines is 1. The molecule has 0 aliphatic carbocycles. The summed E-state index contributed by atoms with van der Waals surface area (Å²) in [5, 5.41) is 5.64. The van der Waals surface area contributed by atoms with Gasteiger partial charge in [-0.3, -0.25) is 9.59 Å². The van der Waals surface area contributed by atoms with Crippen LogP contribution >= 0.6 is 11.8 Å². The van der Waals surface area contributed by atoms with Crippen molar-refractivity contribution in [3.63, 3.8) is 0 Å². The molecule has 0 aliphatic rings. The monoisotopic (exact) mass is 294 g/mol. The smallest absolute Gasteiger partial charge is 0.234 e. The standard InChI is InChI=1S/C15H22N2O2S/c1-11(2)8-16-14(18)9-20-10-15(19)17-13-6-4-5-12(3)7-13/h4-7,11H,8-10H2,1-3H3,(H,16,18)(H,17,19). The van der Waals surface area contributed by atoms with E-state index in [1.807, 2.05) is 45.0 Å². The van der Waals surface area contributed by atoms with Gasteiger partial charge < -0.3 is 10.6 Å². The van der Waals surface area contributed by atoms with Crippen LogP contribution in [-0.2, 0) is 9.59 Å². The fourth-order valence-electron chi connectivity index (χ4n) is 1.53. The molecule has 20 heavy (non-hydrogen) atoms. The summed E-state index contributed by atoms with van der Waals surface area (Å²) >= 11 is 1.32. The Morgan fingerprint density at radius 1 is 1.20 bits per heavy atom. The molecule has 110 valence electrons. The second-order valence-corrected chi connectivity index (χ2v) is 6.09. The second-order valence-electron chi connectivity index (χ2n) is 5.11. The second kappa shape index (κ2) is 8.64. The number of aryl methyl sites for hydroxylation is 1. The van der Waals surface area contributed by atoms with Gasteiger partial charge in [-0.2, -0.15) is 0 Å². The van der Waals surface area contributed by atoms with E-state index in [2.05, 4.69) is 10.6 Å². The molecule has 5 heteroatoms. The van der Waals surface area contributed by atoms with Gasteiger partial charge in [0.2, 0.25) is 11.8 Å². The Bertz CT molecular complexity index is 461. The maximum absolute atomic E-state index is 11.7. The van der Waals surface area contributed by atoms with Crippen LogP contribution < -0.4 is 10.6 Å². The minimum absolute atomic E-state index is 0.0212. The summed E-state index contributed by atoms with van der Waals surface area (Å²) < 4.78 is 0. The van der Waals surface area contributed by atoms with Crippen molar-refractivity contribution in [2.24, 2.45) is 5.92 Å². The highest BCUT2D eigenvalue weighted by atomic mass is 32.2. The summed E-state index contributed by atoms with van der Waals surface area (Å²) in [6, 6.07) is 7.64. The lowest BCUT2D eigenvalue weighted by Gasteiger charge is -2.08. The average Bonchev–Trinajstić information content (AvgIpc) is 2.36. The first-order valence-electron chi connectivity index (χ1n) is 6.68. The molecule has 2 amide bonds. The largest absolute Gasteiger partial charge is 0.355 e. The van der Waals surface area contributed by atoms with Gasteiger partial charge >= 0.3 is 0 Å². The zero-order valence-corrected chi connectivity index (χ0v) is 13.0. The topological polar surface area (TPSA) is 58.2 Å². The van der Waals surface area contributed by atoms with Crippen LogP contribution in [0.1, 0.15) is 19.4 Å². The van der Waals surface area contributed by atoms with Crippen molar-refractivity contribution < 1.29 is 9.59 Å². The first kappa shape index (κ1) is 16.6. The van der Waals surface area contributed by atoms with E-state index in [0.717, 1.165) is 11.3 Å². The third kappa shape index (κ3) is 7.19. The van der Waals surface area contributed by atoms with Crippen LogP contribution in [0.5, 0.6) is 0 Å². The minimum Gasteiger partial charge on any atom is -0.355 e. The summed E-state index contributed by atoms with van der Waals surface area (Å²) in [7, 11) is 0. The zero-order valence-electron chi connectivity index (χ0n) is 12.2. The van der Waals surface area contributed by atoms with Gasteiger partial charge in [0.05, 0.1) is 11.5 Å². The lowest BCUT2D eigenvalue weighted by Crippen LogP contribution is -2.29. The van der Waals surface area contributed by atoms with E-state index >= 15 is 0 Å². The highest BCUT2D eigenvalue weighted by Crippen LogP contribution is 2.10. The van der Waals surface area contributed by atoms with E-state index < -0.39 is 0 Å². The summed E-state index contributed by atoms with van der Waals surface area (Å²) in [6.07, 6.45) is 0. The van der Waals surface area contributed by atoms with Crippen LogP contribution in [0, 0.1) is 12.8 Å². The van der Waals surface area contributed by atoms with Crippen molar-refractivity contribution in [1.29, 1.82) is 0 Å². The van der Waals surface area contributed by atoms with Crippen molar-refractivity contribution >= 4 is 29.3 Å². The van der Waals surface area contributed by atoms with Gasteiger partial charge in [0.25, 0.3) is 0 Å². The Kier molecular flexibility index (Phi) is 7.15. The van der Waals surface area contributed by atoms with Crippen molar-refractivity contribution in [2.75, 3.05) is 23.4 Å². The molecule has 0 aromatic heterocycles. The number of carbonyl (C=O) groups is 2. The van der Waals surface area contributed by atoms with Gasteiger partial charge in [0, 0.05) is 12.2 Å². The molecule has 0 saturated carbocycles. The number of rotatable bonds is 7. The molecule has 0 aliphatic heterocycles.